The van der Waals surface area contributed by atoms with Gasteiger partial charge in [0.15, 0.2) is 0 Å². The number of fused-ring (bicyclic) bond motifs is 2. The van der Waals surface area contributed by atoms with Crippen molar-refractivity contribution in [3.05, 3.63) is 12.2 Å². The molecule has 4 aliphatic carbocycles. The van der Waals surface area contributed by atoms with E-state index < -0.39 is 0 Å². The lowest BCUT2D eigenvalue weighted by molar-refractivity contribution is -0.121. The van der Waals surface area contributed by atoms with Crippen LogP contribution < -0.4 is 0 Å². The van der Waals surface area contributed by atoms with Gasteiger partial charge in [-0.3, -0.25) is 4.79 Å². The van der Waals surface area contributed by atoms with E-state index in [1.807, 2.05) is 0 Å². The molecule has 4 aliphatic rings. The highest BCUT2D eigenvalue weighted by molar-refractivity contribution is 5.86. The summed E-state index contributed by atoms with van der Waals surface area (Å²) in [5.74, 6) is 4.99. The Morgan fingerprint density at radius 2 is 1.92 bits per heavy atom. The predicted molar refractivity (Wildman–Crippen MR) is 44.3 cm³/mol. The average Bonchev–Trinajstić information content (AvgIpc) is 2.58. The van der Waals surface area contributed by atoms with Gasteiger partial charge in [0.1, 0.15) is 5.78 Å². The fraction of sp³-hybridized carbons (Fsp3) is 0.727. The molecule has 0 amide bonds. The summed E-state index contributed by atoms with van der Waals surface area (Å²) in [6, 6.07) is 0. The Bertz CT molecular complexity index is 304. The second-order valence-electron chi connectivity index (χ2n) is 4.96. The minimum atomic E-state index is 0.468. The van der Waals surface area contributed by atoms with E-state index in [0.29, 0.717) is 17.6 Å². The number of hydrogen-bond donors (Lipinski definition) is 0. The number of allylic oxidation sites excluding steroid dienone is 2. The van der Waals surface area contributed by atoms with Crippen molar-refractivity contribution in [3.63, 3.8) is 0 Å². The molecule has 3 saturated carbocycles. The van der Waals surface area contributed by atoms with Crippen LogP contribution in [-0.4, -0.2) is 5.78 Å². The van der Waals surface area contributed by atoms with Crippen LogP contribution in [0.25, 0.3) is 0 Å². The summed E-state index contributed by atoms with van der Waals surface area (Å²) < 4.78 is 0. The third kappa shape index (κ3) is 0.408. The largest absolute Gasteiger partial charge is 0.299 e. The highest BCUT2D eigenvalue weighted by atomic mass is 16.1. The predicted octanol–water partition coefficient (Wildman–Crippen LogP) is 1.64. The average molecular weight is 160 g/mol. The first kappa shape index (κ1) is 5.95. The number of ketones is 1. The number of rotatable bonds is 0. The van der Waals surface area contributed by atoms with E-state index in [1.54, 1.807) is 0 Å². The molecule has 0 radical (unpaired) electrons. The quantitative estimate of drug-likeness (QED) is 0.492. The van der Waals surface area contributed by atoms with Crippen LogP contribution in [0, 0.1) is 35.5 Å². The zero-order valence-corrected chi connectivity index (χ0v) is 6.94. The maximum atomic E-state index is 11.6. The first-order chi connectivity index (χ1) is 5.86. The zero-order chi connectivity index (χ0) is 7.87. The first-order valence-electron chi connectivity index (χ1n) is 5.07. The molecule has 62 valence electrons. The van der Waals surface area contributed by atoms with Crippen molar-refractivity contribution in [3.8, 4) is 0 Å². The van der Waals surface area contributed by atoms with Crippen molar-refractivity contribution >= 4 is 5.78 Å². The van der Waals surface area contributed by atoms with Gasteiger partial charge in [0, 0.05) is 12.3 Å². The van der Waals surface area contributed by atoms with Gasteiger partial charge in [0.05, 0.1) is 0 Å². The van der Waals surface area contributed by atoms with Gasteiger partial charge in [-0.15, -0.1) is 0 Å². The molecule has 0 aromatic rings. The van der Waals surface area contributed by atoms with Crippen LogP contribution in [0.4, 0.5) is 0 Å². The van der Waals surface area contributed by atoms with Gasteiger partial charge >= 0.3 is 0 Å². The van der Waals surface area contributed by atoms with E-state index in [4.69, 9.17) is 0 Å². The van der Waals surface area contributed by atoms with Crippen molar-refractivity contribution in [2.75, 3.05) is 0 Å². The standard InChI is InChI=1S/C11H12O/c12-10-4-8-5-1-2-6-7(5)3-9(8)11(6)10/h1-2,5-9,11H,3-4H2/t5-,6-,7-,8-,9+,11+/m0/s1. The second kappa shape index (κ2) is 1.55. The lowest BCUT2D eigenvalue weighted by atomic mass is 9.79. The van der Waals surface area contributed by atoms with E-state index in [0.717, 1.165) is 30.1 Å². The molecule has 0 heterocycles. The maximum absolute atomic E-state index is 11.6. The third-order valence-electron chi connectivity index (χ3n) is 4.82. The van der Waals surface area contributed by atoms with E-state index in [-0.39, 0.29) is 0 Å². The van der Waals surface area contributed by atoms with Crippen molar-refractivity contribution in [1.29, 1.82) is 0 Å². The summed E-state index contributed by atoms with van der Waals surface area (Å²) in [6.45, 7) is 0. The van der Waals surface area contributed by atoms with Gasteiger partial charge in [0.25, 0.3) is 0 Å². The molecule has 12 heavy (non-hydrogen) atoms. The third-order valence-corrected chi connectivity index (χ3v) is 4.82. The van der Waals surface area contributed by atoms with Gasteiger partial charge in [-0.2, -0.15) is 0 Å². The van der Waals surface area contributed by atoms with Crippen LogP contribution >= 0.6 is 0 Å². The Morgan fingerprint density at radius 3 is 2.83 bits per heavy atom. The van der Waals surface area contributed by atoms with Gasteiger partial charge in [-0.25, -0.2) is 0 Å². The molecule has 6 atom stereocenters. The van der Waals surface area contributed by atoms with Crippen LogP contribution in [0.2, 0.25) is 0 Å². The molecule has 0 unspecified atom stereocenters. The SMILES string of the molecule is O=C1C[C@H]2[C@H]3C=C[C@H]4[C@H]3C[C@H]2[C@H]14. The number of hydrogen-bond acceptors (Lipinski definition) is 1. The van der Waals surface area contributed by atoms with Gasteiger partial charge < -0.3 is 0 Å². The molecule has 1 heteroatoms. The maximum Gasteiger partial charge on any atom is 0.137 e. The molecule has 0 saturated heterocycles. The van der Waals surface area contributed by atoms with E-state index in [1.165, 1.54) is 6.42 Å². The lowest BCUT2D eigenvalue weighted by Crippen LogP contribution is -2.23. The van der Waals surface area contributed by atoms with Crippen LogP contribution in [0.5, 0.6) is 0 Å². The summed E-state index contributed by atoms with van der Waals surface area (Å²) >= 11 is 0. The van der Waals surface area contributed by atoms with Gasteiger partial charge in [-0.1, -0.05) is 12.2 Å². The fourth-order valence-corrected chi connectivity index (χ4v) is 4.54. The van der Waals surface area contributed by atoms with Crippen molar-refractivity contribution in [1.82, 2.24) is 0 Å². The number of carbonyl (C=O) groups is 1. The second-order valence-corrected chi connectivity index (χ2v) is 4.96. The molecule has 0 aliphatic heterocycles. The highest BCUT2D eigenvalue weighted by Gasteiger charge is 2.64. The van der Waals surface area contributed by atoms with Crippen LogP contribution in [0.3, 0.4) is 0 Å². The lowest BCUT2D eigenvalue weighted by Gasteiger charge is -2.24. The molecule has 1 nitrogen and oxygen atoms in total. The minimum absolute atomic E-state index is 0.468. The molecule has 0 aromatic heterocycles. The van der Waals surface area contributed by atoms with Crippen molar-refractivity contribution in [2.45, 2.75) is 12.8 Å². The molecule has 2 bridgehead atoms. The summed E-state index contributed by atoms with van der Waals surface area (Å²) in [4.78, 5) is 11.6. The van der Waals surface area contributed by atoms with Gasteiger partial charge in [0.2, 0.25) is 0 Å². The zero-order valence-electron chi connectivity index (χ0n) is 6.94. The molecular weight excluding hydrogens is 148 g/mol. The normalized spacial score (nSPS) is 63.8. The molecule has 0 N–H and O–H groups in total. The van der Waals surface area contributed by atoms with Crippen molar-refractivity contribution < 1.29 is 4.79 Å². The van der Waals surface area contributed by atoms with E-state index >= 15 is 0 Å². The molecule has 0 spiro atoms. The van der Waals surface area contributed by atoms with Crippen LogP contribution in [0.15, 0.2) is 12.2 Å². The molecule has 0 aromatic carbocycles. The summed E-state index contributed by atoms with van der Waals surface area (Å²) in [6.07, 6.45) is 7.03. The number of Topliss-reactive ketones (excluding diaryl/α,β-unsaturated/α-hetero) is 1. The van der Waals surface area contributed by atoms with E-state index in [2.05, 4.69) is 12.2 Å². The highest BCUT2D eigenvalue weighted by Crippen LogP contribution is 2.67. The summed E-state index contributed by atoms with van der Waals surface area (Å²) in [7, 11) is 0. The Hall–Kier alpha value is -0.590. The topological polar surface area (TPSA) is 17.1 Å². The van der Waals surface area contributed by atoms with Crippen LogP contribution in [-0.2, 0) is 4.79 Å². The number of carbonyl (C=O) groups excluding carboxylic acids is 1. The van der Waals surface area contributed by atoms with Crippen LogP contribution in [0.1, 0.15) is 12.8 Å². The molecule has 4 rings (SSSR count). The molecule has 3 fully saturated rings. The monoisotopic (exact) mass is 160 g/mol. The first-order valence-corrected chi connectivity index (χ1v) is 5.07. The summed E-state index contributed by atoms with van der Waals surface area (Å²) in [5, 5.41) is 0. The smallest absolute Gasteiger partial charge is 0.137 e. The Kier molecular flexibility index (Phi) is 0.768. The van der Waals surface area contributed by atoms with Gasteiger partial charge in [-0.05, 0) is 36.0 Å². The fourth-order valence-electron chi connectivity index (χ4n) is 4.54. The Balaban J connectivity index is 1.97. The molecular formula is C11H12O. The Labute approximate surface area is 71.8 Å². The summed E-state index contributed by atoms with van der Waals surface area (Å²) in [5.41, 5.74) is 0. The Morgan fingerprint density at radius 1 is 1.08 bits per heavy atom. The minimum Gasteiger partial charge on any atom is -0.299 e. The van der Waals surface area contributed by atoms with Crippen molar-refractivity contribution in [2.24, 2.45) is 35.5 Å². The van der Waals surface area contributed by atoms with E-state index in [9.17, 15) is 4.79 Å².